The van der Waals surface area contributed by atoms with E-state index in [-0.39, 0.29) is 24.4 Å². The maximum Gasteiger partial charge on any atom is 0.326 e. The van der Waals surface area contributed by atoms with E-state index in [1.165, 1.54) is 29.7 Å². The Morgan fingerprint density at radius 3 is 2.24 bits per heavy atom. The van der Waals surface area contributed by atoms with Crippen molar-refractivity contribution in [2.45, 2.75) is 91.2 Å². The van der Waals surface area contributed by atoms with Crippen LogP contribution in [0.3, 0.4) is 0 Å². The molecule has 0 saturated heterocycles. The maximum absolute atomic E-state index is 14.1. The lowest BCUT2D eigenvalue weighted by molar-refractivity contribution is -0.155. The zero-order valence-electron chi connectivity index (χ0n) is 27.1. The van der Waals surface area contributed by atoms with Gasteiger partial charge >= 0.3 is 5.97 Å². The molecule has 0 bridgehead atoms. The van der Waals surface area contributed by atoms with Crippen LogP contribution in [0.15, 0.2) is 64.5 Å². The molecular weight excluding hydrogens is 648 g/mol. The first kappa shape index (κ1) is 33.1. The van der Waals surface area contributed by atoms with Crippen molar-refractivity contribution in [2.24, 2.45) is 5.92 Å². The minimum atomic E-state index is -0.651. The van der Waals surface area contributed by atoms with Crippen LogP contribution in [0.2, 0.25) is 0 Å². The summed E-state index contributed by atoms with van der Waals surface area (Å²) in [5.41, 5.74) is 1.90. The zero-order chi connectivity index (χ0) is 32.4. The molecule has 0 spiro atoms. The number of pyridine rings is 1. The number of hydrogen-bond donors (Lipinski definition) is 0. The predicted molar refractivity (Wildman–Crippen MR) is 185 cm³/mol. The topological polar surface area (TPSA) is 68.7 Å². The van der Waals surface area contributed by atoms with E-state index < -0.39 is 11.6 Å². The van der Waals surface area contributed by atoms with Crippen molar-refractivity contribution in [2.75, 3.05) is 6.54 Å². The minimum Gasteiger partial charge on any atom is -0.459 e. The first-order chi connectivity index (χ1) is 21.2. The van der Waals surface area contributed by atoms with Crippen LogP contribution in [0, 0.1) is 5.92 Å². The molecule has 0 aliphatic heterocycles. The third-order valence-electron chi connectivity index (χ3n) is 8.02. The number of halogens is 1. The van der Waals surface area contributed by atoms with Crippen molar-refractivity contribution in [1.82, 2.24) is 9.88 Å². The summed E-state index contributed by atoms with van der Waals surface area (Å²) in [5.74, 6) is 1.30. The van der Waals surface area contributed by atoms with Crippen LogP contribution in [-0.2, 0) is 27.9 Å². The highest BCUT2D eigenvalue weighted by atomic mass is 79.9. The highest BCUT2D eigenvalue weighted by Gasteiger charge is 2.26. The highest BCUT2D eigenvalue weighted by Crippen LogP contribution is 2.34. The van der Waals surface area contributed by atoms with Gasteiger partial charge in [-0.3, -0.25) is 9.59 Å². The van der Waals surface area contributed by atoms with Gasteiger partial charge in [0, 0.05) is 16.0 Å². The van der Waals surface area contributed by atoms with Crippen LogP contribution in [-0.4, -0.2) is 33.9 Å². The molecule has 45 heavy (non-hydrogen) atoms. The molecule has 1 saturated carbocycles. The van der Waals surface area contributed by atoms with Gasteiger partial charge in [-0.25, -0.2) is 4.98 Å². The number of fused-ring (bicyclic) bond motifs is 1. The molecule has 2 aromatic heterocycles. The first-order valence-corrected chi connectivity index (χ1v) is 17.3. The lowest BCUT2D eigenvalue weighted by Gasteiger charge is -2.25. The quantitative estimate of drug-likeness (QED) is 0.164. The molecule has 5 rings (SSSR count). The Kier molecular flexibility index (Phi) is 10.0. The number of rotatable bonds is 9. The summed E-state index contributed by atoms with van der Waals surface area (Å²) < 4.78 is 12.8. The Labute approximate surface area is 279 Å². The summed E-state index contributed by atoms with van der Waals surface area (Å²) in [6.07, 6.45) is 5.57. The van der Waals surface area contributed by atoms with Crippen molar-refractivity contribution in [3.8, 4) is 11.5 Å². The van der Waals surface area contributed by atoms with Gasteiger partial charge in [0.05, 0.1) is 10.3 Å². The Morgan fingerprint density at radius 2 is 1.62 bits per heavy atom. The van der Waals surface area contributed by atoms with E-state index in [2.05, 4.69) is 48.8 Å². The fraction of sp³-hybridized carbons (Fsp3) is 0.432. The van der Waals surface area contributed by atoms with E-state index in [1.807, 2.05) is 69.3 Å². The average molecular weight is 692 g/mol. The van der Waals surface area contributed by atoms with Crippen molar-refractivity contribution in [3.05, 3.63) is 86.3 Å². The Balaban J connectivity index is 1.48. The molecule has 0 N–H and O–H groups in total. The van der Waals surface area contributed by atoms with Crippen LogP contribution < -0.4 is 4.74 Å². The Morgan fingerprint density at radius 1 is 0.933 bits per heavy atom. The van der Waals surface area contributed by atoms with Crippen LogP contribution in [0.5, 0.6) is 11.5 Å². The summed E-state index contributed by atoms with van der Waals surface area (Å²) in [6, 6.07) is 20.0. The van der Waals surface area contributed by atoms with Crippen LogP contribution in [0.4, 0.5) is 0 Å². The lowest BCUT2D eigenvalue weighted by Crippen LogP contribution is -2.38. The normalized spacial score (nSPS) is 14.1. The zero-order valence-corrected chi connectivity index (χ0v) is 29.5. The van der Waals surface area contributed by atoms with Gasteiger partial charge in [-0.05, 0) is 108 Å². The van der Waals surface area contributed by atoms with Gasteiger partial charge in [0.1, 0.15) is 29.3 Å². The fourth-order valence-corrected chi connectivity index (χ4v) is 7.29. The third-order valence-corrected chi connectivity index (χ3v) is 9.63. The predicted octanol–water partition coefficient (Wildman–Crippen LogP) is 9.87. The van der Waals surface area contributed by atoms with Gasteiger partial charge < -0.3 is 14.4 Å². The Bertz CT molecular complexity index is 1660. The average Bonchev–Trinajstić information content (AvgIpc) is 3.62. The van der Waals surface area contributed by atoms with E-state index in [9.17, 15) is 9.59 Å². The molecule has 0 atom stereocenters. The molecule has 238 valence electrons. The molecule has 4 aromatic rings. The molecule has 1 aliphatic carbocycles. The van der Waals surface area contributed by atoms with Gasteiger partial charge in [0.25, 0.3) is 5.91 Å². The number of carbonyl (C=O) groups is 2. The second-order valence-electron chi connectivity index (χ2n) is 14.0. The number of thiophene rings is 1. The van der Waals surface area contributed by atoms with Crippen molar-refractivity contribution in [1.29, 1.82) is 0 Å². The van der Waals surface area contributed by atoms with E-state index in [0.717, 1.165) is 55.9 Å². The molecule has 8 heteroatoms. The molecule has 1 fully saturated rings. The first-order valence-electron chi connectivity index (χ1n) is 15.7. The number of amides is 1. The number of esters is 1. The second-order valence-corrected chi connectivity index (χ2v) is 16.6. The fourth-order valence-electron chi connectivity index (χ4n) is 5.79. The monoisotopic (exact) mass is 690 g/mol. The summed E-state index contributed by atoms with van der Waals surface area (Å²) in [7, 11) is 0. The minimum absolute atomic E-state index is 0.0700. The number of benzene rings is 2. The highest BCUT2D eigenvalue weighted by molar-refractivity contribution is 9.11. The van der Waals surface area contributed by atoms with Crippen LogP contribution in [0.1, 0.15) is 93.8 Å². The van der Waals surface area contributed by atoms with Crippen LogP contribution in [0.25, 0.3) is 10.8 Å². The number of nitrogens with zero attached hydrogens (tertiary/aromatic N) is 2. The lowest BCUT2D eigenvalue weighted by atomic mass is 9.87. The number of ether oxygens (including phenoxy) is 2. The summed E-state index contributed by atoms with van der Waals surface area (Å²) in [6.45, 7) is 12.2. The molecule has 0 unspecified atom stereocenters. The van der Waals surface area contributed by atoms with Gasteiger partial charge in [0.15, 0.2) is 0 Å². The van der Waals surface area contributed by atoms with Gasteiger partial charge in [-0.15, -0.1) is 11.3 Å². The van der Waals surface area contributed by atoms with Gasteiger partial charge in [0.2, 0.25) is 0 Å². The summed E-state index contributed by atoms with van der Waals surface area (Å²) >= 11 is 5.05. The molecule has 0 radical (unpaired) electrons. The van der Waals surface area contributed by atoms with E-state index in [4.69, 9.17) is 14.5 Å². The maximum atomic E-state index is 14.1. The summed E-state index contributed by atoms with van der Waals surface area (Å²) in [5, 5.41) is 1.91. The summed E-state index contributed by atoms with van der Waals surface area (Å²) in [4.78, 5) is 34.5. The van der Waals surface area contributed by atoms with E-state index >= 15 is 0 Å². The third kappa shape index (κ3) is 8.95. The molecular formula is C37H43BrN2O4S. The van der Waals surface area contributed by atoms with E-state index in [1.54, 1.807) is 4.90 Å². The van der Waals surface area contributed by atoms with Crippen molar-refractivity contribution in [3.63, 3.8) is 0 Å². The molecule has 2 aromatic carbocycles. The smallest absolute Gasteiger partial charge is 0.326 e. The van der Waals surface area contributed by atoms with E-state index in [0.29, 0.717) is 11.6 Å². The van der Waals surface area contributed by atoms with Gasteiger partial charge in [-0.1, -0.05) is 64.7 Å². The van der Waals surface area contributed by atoms with Crippen molar-refractivity contribution >= 4 is 49.9 Å². The number of aromatic nitrogens is 1. The molecule has 1 aliphatic rings. The molecule has 2 heterocycles. The Hall–Kier alpha value is -3.23. The second kappa shape index (κ2) is 13.6. The van der Waals surface area contributed by atoms with Gasteiger partial charge in [-0.2, -0.15) is 0 Å². The SMILES string of the molecule is CC(C)(C)OC(=O)CN(Cc1ccc(Br)s1)C(=O)c1cc2ccc(Oc3ccc(C(C)(C)C)cc3)cc2c(CC2CCCC2)n1. The number of carbonyl (C=O) groups excluding carboxylic acids is 2. The molecule has 6 nitrogen and oxygen atoms in total. The van der Waals surface area contributed by atoms with Crippen LogP contribution >= 0.6 is 27.3 Å². The van der Waals surface area contributed by atoms with Crippen molar-refractivity contribution < 1.29 is 19.1 Å². The standard InChI is InChI=1S/C37H43BrN2O4S/c1-36(2,3)26-12-15-27(16-13-26)43-28-14-11-25-20-32(39-31(30(25)21-28)19-24-9-7-8-10-24)35(42)40(22-29-17-18-33(38)45-29)23-34(41)44-37(4,5)6/h11-18,20-21,24H,7-10,19,22-23H2,1-6H3. The largest absolute Gasteiger partial charge is 0.459 e. The number of hydrogen-bond acceptors (Lipinski definition) is 6. The molecule has 1 amide bonds.